The summed E-state index contributed by atoms with van der Waals surface area (Å²) in [5.74, 6) is 0.479. The van der Waals surface area contributed by atoms with Gasteiger partial charge in [-0.05, 0) is 29.8 Å². The van der Waals surface area contributed by atoms with Crippen LogP contribution in [-0.2, 0) is 5.75 Å². The van der Waals surface area contributed by atoms with Crippen molar-refractivity contribution >= 4 is 57.6 Å². The second kappa shape index (κ2) is 7.79. The van der Waals surface area contributed by atoms with Crippen LogP contribution in [0.5, 0.6) is 0 Å². The van der Waals surface area contributed by atoms with E-state index >= 15 is 0 Å². The van der Waals surface area contributed by atoms with E-state index < -0.39 is 0 Å². The molecular formula is C17H13Cl3N2OS. The molecule has 0 spiro atoms. The van der Waals surface area contributed by atoms with Gasteiger partial charge in [-0.1, -0.05) is 64.8 Å². The molecule has 7 heteroatoms. The number of halogens is 3. The molecule has 0 unspecified atom stereocenters. The van der Waals surface area contributed by atoms with Gasteiger partial charge in [0.2, 0.25) is 0 Å². The highest BCUT2D eigenvalue weighted by Crippen LogP contribution is 2.28. The third-order valence-corrected chi connectivity index (χ3v) is 5.50. The topological polar surface area (TPSA) is 32.7 Å². The number of carbonyl (C=O) groups excluding carboxylic acids is 1. The Morgan fingerprint density at radius 3 is 2.67 bits per heavy atom. The van der Waals surface area contributed by atoms with Crippen LogP contribution in [0.25, 0.3) is 0 Å². The number of amides is 1. The Labute approximate surface area is 159 Å². The van der Waals surface area contributed by atoms with Gasteiger partial charge in [0.05, 0.1) is 17.1 Å². The number of carbonyl (C=O) groups is 1. The summed E-state index contributed by atoms with van der Waals surface area (Å²) in [5.41, 5.74) is 1.43. The molecule has 0 fully saturated rings. The molecular weight excluding hydrogens is 387 g/mol. The Bertz CT molecular complexity index is 810. The minimum Gasteiger partial charge on any atom is -0.286 e. The minimum atomic E-state index is -0.133. The number of hydrogen-bond acceptors (Lipinski definition) is 3. The summed E-state index contributed by atoms with van der Waals surface area (Å²) in [7, 11) is 0. The highest BCUT2D eigenvalue weighted by Gasteiger charge is 2.26. The molecule has 1 amide bonds. The van der Waals surface area contributed by atoms with Gasteiger partial charge in [-0.25, -0.2) is 0 Å². The molecule has 3 nitrogen and oxygen atoms in total. The molecule has 0 N–H and O–H groups in total. The molecule has 0 aromatic heterocycles. The first-order valence-corrected chi connectivity index (χ1v) is 9.36. The van der Waals surface area contributed by atoms with Crippen molar-refractivity contribution < 1.29 is 4.79 Å². The summed E-state index contributed by atoms with van der Waals surface area (Å²) in [6.07, 6.45) is 0. The zero-order valence-electron chi connectivity index (χ0n) is 12.5. The average molecular weight is 400 g/mol. The maximum Gasteiger partial charge on any atom is 0.261 e. The first kappa shape index (κ1) is 17.6. The van der Waals surface area contributed by atoms with Crippen LogP contribution in [0.1, 0.15) is 15.9 Å². The van der Waals surface area contributed by atoms with Crippen LogP contribution in [-0.4, -0.2) is 29.1 Å². The molecule has 24 heavy (non-hydrogen) atoms. The predicted molar refractivity (Wildman–Crippen MR) is 103 cm³/mol. The fourth-order valence-corrected chi connectivity index (χ4v) is 4.12. The molecule has 0 atom stereocenters. The zero-order valence-corrected chi connectivity index (χ0v) is 15.6. The lowest BCUT2D eigenvalue weighted by Gasteiger charge is -2.18. The number of nitrogens with zero attached hydrogens (tertiary/aromatic N) is 2. The summed E-state index contributed by atoms with van der Waals surface area (Å²) in [6, 6.07) is 12.4. The fraction of sp³-hybridized carbons (Fsp3) is 0.176. The predicted octanol–water partition coefficient (Wildman–Crippen LogP) is 5.39. The van der Waals surface area contributed by atoms with E-state index in [0.29, 0.717) is 44.6 Å². The van der Waals surface area contributed by atoms with E-state index in [1.807, 2.05) is 6.07 Å². The van der Waals surface area contributed by atoms with Crippen molar-refractivity contribution in [2.45, 2.75) is 5.75 Å². The van der Waals surface area contributed by atoms with Crippen molar-refractivity contribution in [3.8, 4) is 0 Å². The first-order chi connectivity index (χ1) is 11.6. The van der Waals surface area contributed by atoms with E-state index in [2.05, 4.69) is 4.99 Å². The number of amidine groups is 1. The lowest BCUT2D eigenvalue weighted by atomic mass is 10.2. The van der Waals surface area contributed by atoms with Gasteiger partial charge in [0.1, 0.15) is 0 Å². The van der Waals surface area contributed by atoms with E-state index in [1.165, 1.54) is 11.8 Å². The van der Waals surface area contributed by atoms with Gasteiger partial charge < -0.3 is 0 Å². The number of hydrogen-bond donors (Lipinski definition) is 0. The minimum absolute atomic E-state index is 0.133. The molecule has 0 saturated heterocycles. The molecule has 124 valence electrons. The second-order valence-corrected chi connectivity index (χ2v) is 7.32. The van der Waals surface area contributed by atoms with E-state index in [0.717, 1.165) is 5.56 Å². The monoisotopic (exact) mass is 398 g/mol. The Morgan fingerprint density at radius 2 is 1.92 bits per heavy atom. The molecule has 1 aliphatic heterocycles. The fourth-order valence-electron chi connectivity index (χ4n) is 2.30. The third kappa shape index (κ3) is 3.89. The average Bonchev–Trinajstić information content (AvgIpc) is 3.02. The molecule has 0 saturated carbocycles. The van der Waals surface area contributed by atoms with E-state index in [-0.39, 0.29) is 5.91 Å². The van der Waals surface area contributed by atoms with Crippen molar-refractivity contribution in [3.63, 3.8) is 0 Å². The lowest BCUT2D eigenvalue weighted by molar-refractivity contribution is 0.0861. The molecule has 1 heterocycles. The van der Waals surface area contributed by atoms with Crippen molar-refractivity contribution in [1.82, 2.24) is 4.90 Å². The highest BCUT2D eigenvalue weighted by molar-refractivity contribution is 8.13. The summed E-state index contributed by atoms with van der Waals surface area (Å²) in [6.45, 7) is 1.15. The molecule has 0 bridgehead atoms. The molecule has 2 aromatic carbocycles. The molecule has 0 aliphatic carbocycles. The van der Waals surface area contributed by atoms with E-state index in [4.69, 9.17) is 34.8 Å². The van der Waals surface area contributed by atoms with Crippen molar-refractivity contribution in [2.24, 2.45) is 4.99 Å². The molecule has 2 aromatic rings. The van der Waals surface area contributed by atoms with Gasteiger partial charge in [-0.2, -0.15) is 0 Å². The maximum absolute atomic E-state index is 12.7. The van der Waals surface area contributed by atoms with Gasteiger partial charge in [0, 0.05) is 22.3 Å². The second-order valence-electron chi connectivity index (χ2n) is 5.13. The maximum atomic E-state index is 12.7. The zero-order chi connectivity index (χ0) is 17.1. The number of rotatable bonds is 3. The van der Waals surface area contributed by atoms with Gasteiger partial charge in [0.25, 0.3) is 5.91 Å². The number of aliphatic imine (C=N–C) groups is 1. The van der Waals surface area contributed by atoms with Crippen LogP contribution >= 0.6 is 46.6 Å². The Balaban J connectivity index is 1.72. The van der Waals surface area contributed by atoms with Crippen LogP contribution < -0.4 is 0 Å². The van der Waals surface area contributed by atoms with E-state index in [1.54, 1.807) is 41.3 Å². The van der Waals surface area contributed by atoms with Gasteiger partial charge in [-0.3, -0.25) is 14.7 Å². The largest absolute Gasteiger partial charge is 0.286 e. The smallest absolute Gasteiger partial charge is 0.261 e. The first-order valence-electron chi connectivity index (χ1n) is 7.24. The van der Waals surface area contributed by atoms with Crippen LogP contribution in [0, 0.1) is 0 Å². The molecule has 3 rings (SSSR count). The number of benzene rings is 2. The number of thioether (sulfide) groups is 1. The SMILES string of the molecule is O=C(c1ccccc1Cl)N1CCN=C1SCc1ccc(Cl)cc1Cl. The Morgan fingerprint density at radius 1 is 1.12 bits per heavy atom. The third-order valence-electron chi connectivity index (χ3n) is 3.52. The van der Waals surface area contributed by atoms with Crippen LogP contribution in [0.3, 0.4) is 0 Å². The summed E-state index contributed by atoms with van der Waals surface area (Å²) in [5, 5.41) is 2.34. The highest BCUT2D eigenvalue weighted by atomic mass is 35.5. The van der Waals surface area contributed by atoms with Crippen LogP contribution in [0.4, 0.5) is 0 Å². The van der Waals surface area contributed by atoms with Crippen molar-refractivity contribution in [2.75, 3.05) is 13.1 Å². The summed E-state index contributed by atoms with van der Waals surface area (Å²) in [4.78, 5) is 18.8. The summed E-state index contributed by atoms with van der Waals surface area (Å²) >= 11 is 19.7. The standard InChI is InChI=1S/C17H13Cl3N2OS/c18-12-6-5-11(15(20)9-12)10-24-17-21-7-8-22(17)16(23)13-3-1-2-4-14(13)19/h1-6,9H,7-8,10H2. The van der Waals surface area contributed by atoms with Crippen molar-refractivity contribution in [1.29, 1.82) is 0 Å². The van der Waals surface area contributed by atoms with Crippen LogP contribution in [0.2, 0.25) is 15.1 Å². The summed E-state index contributed by atoms with van der Waals surface area (Å²) < 4.78 is 0. The van der Waals surface area contributed by atoms with Crippen LogP contribution in [0.15, 0.2) is 47.5 Å². The molecule has 0 radical (unpaired) electrons. The van der Waals surface area contributed by atoms with Gasteiger partial charge in [-0.15, -0.1) is 0 Å². The van der Waals surface area contributed by atoms with Crippen molar-refractivity contribution in [3.05, 3.63) is 68.7 Å². The Kier molecular flexibility index (Phi) is 5.72. The molecule has 1 aliphatic rings. The van der Waals surface area contributed by atoms with Gasteiger partial charge >= 0.3 is 0 Å². The lowest BCUT2D eigenvalue weighted by Crippen LogP contribution is -2.33. The van der Waals surface area contributed by atoms with Gasteiger partial charge in [0.15, 0.2) is 5.17 Å². The quantitative estimate of drug-likeness (QED) is 0.693. The Hall–Kier alpha value is -1.20. The van der Waals surface area contributed by atoms with E-state index in [9.17, 15) is 4.79 Å². The normalized spacial score (nSPS) is 14.0.